The van der Waals surface area contributed by atoms with Crippen LogP contribution in [-0.2, 0) is 9.59 Å². The third kappa shape index (κ3) is 3.12. The predicted octanol–water partition coefficient (Wildman–Crippen LogP) is 2.47. The van der Waals surface area contributed by atoms with Gasteiger partial charge in [0.15, 0.2) is 0 Å². The number of hydrogen-bond donors (Lipinski definition) is 1. The molecule has 0 saturated heterocycles. The van der Waals surface area contributed by atoms with E-state index in [0.717, 1.165) is 16.3 Å². The summed E-state index contributed by atoms with van der Waals surface area (Å²) in [4.78, 5) is 30.0. The summed E-state index contributed by atoms with van der Waals surface area (Å²) in [6, 6.07) is 11.1. The topological polar surface area (TPSA) is 62.3 Å². The van der Waals surface area contributed by atoms with Crippen LogP contribution < -0.4 is 10.2 Å². The van der Waals surface area contributed by atoms with Crippen molar-refractivity contribution in [3.8, 4) is 0 Å². The molecule has 2 aromatic rings. The van der Waals surface area contributed by atoms with Gasteiger partial charge < -0.3 is 5.32 Å². The predicted molar refractivity (Wildman–Crippen MR) is 87.1 cm³/mol. The summed E-state index contributed by atoms with van der Waals surface area (Å²) >= 11 is 1.40. The Hall–Kier alpha value is -2.34. The molecule has 1 aromatic heterocycles. The van der Waals surface area contributed by atoms with Crippen molar-refractivity contribution >= 4 is 35.0 Å². The highest BCUT2D eigenvalue weighted by Gasteiger charge is 2.27. The number of benzene rings is 1. The highest BCUT2D eigenvalue weighted by Crippen LogP contribution is 2.32. The first-order valence-electron chi connectivity index (χ1n) is 6.88. The zero-order valence-electron chi connectivity index (χ0n) is 12.1. The van der Waals surface area contributed by atoms with E-state index in [2.05, 4.69) is 10.3 Å². The van der Waals surface area contributed by atoms with Gasteiger partial charge in [0, 0.05) is 11.9 Å². The van der Waals surface area contributed by atoms with Crippen molar-refractivity contribution in [2.75, 3.05) is 22.5 Å². The van der Waals surface area contributed by atoms with Crippen LogP contribution in [0.5, 0.6) is 0 Å². The number of aryl methyl sites for hydroxylation is 1. The van der Waals surface area contributed by atoms with Crippen molar-refractivity contribution in [3.05, 3.63) is 48.2 Å². The Morgan fingerprint density at radius 2 is 2.09 bits per heavy atom. The van der Waals surface area contributed by atoms with Crippen LogP contribution in [0.3, 0.4) is 0 Å². The molecule has 1 aliphatic rings. The minimum atomic E-state index is -0.223. The van der Waals surface area contributed by atoms with Crippen molar-refractivity contribution in [2.24, 2.45) is 0 Å². The highest BCUT2D eigenvalue weighted by molar-refractivity contribution is 8.00. The summed E-state index contributed by atoms with van der Waals surface area (Å²) in [6.07, 6.45) is 1.69. The van der Waals surface area contributed by atoms with E-state index >= 15 is 0 Å². The summed E-state index contributed by atoms with van der Waals surface area (Å²) in [5.41, 5.74) is 2.55. The lowest BCUT2D eigenvalue weighted by molar-refractivity contribution is -0.120. The number of fused-ring (bicyclic) bond motifs is 1. The maximum atomic E-state index is 12.2. The Morgan fingerprint density at radius 3 is 2.86 bits per heavy atom. The summed E-state index contributed by atoms with van der Waals surface area (Å²) in [5, 5.41) is 3.59. The molecule has 1 aliphatic heterocycles. The third-order valence-corrected chi connectivity index (χ3v) is 4.29. The molecule has 2 amide bonds. The summed E-state index contributed by atoms with van der Waals surface area (Å²) < 4.78 is 0. The van der Waals surface area contributed by atoms with Crippen LogP contribution >= 0.6 is 11.8 Å². The van der Waals surface area contributed by atoms with Crippen molar-refractivity contribution < 1.29 is 9.59 Å². The molecule has 0 fully saturated rings. The first-order chi connectivity index (χ1) is 10.6. The fraction of sp³-hybridized carbons (Fsp3) is 0.188. The standard InChI is InChI=1S/C16H15N3O2S/c1-11-4-6-12(7-5-11)18-14(20)9-19-13-3-2-8-17-16(13)22-10-15(19)21/h2-8H,9-10H2,1H3,(H,18,20). The van der Waals surface area contributed by atoms with Gasteiger partial charge in [0.05, 0.1) is 11.4 Å². The average molecular weight is 313 g/mol. The van der Waals surface area contributed by atoms with Crippen molar-refractivity contribution in [2.45, 2.75) is 11.9 Å². The number of rotatable bonds is 3. The second-order valence-corrected chi connectivity index (χ2v) is 5.97. The number of anilines is 2. The monoisotopic (exact) mass is 313 g/mol. The molecule has 1 aromatic carbocycles. The van der Waals surface area contributed by atoms with E-state index in [4.69, 9.17) is 0 Å². The van der Waals surface area contributed by atoms with Gasteiger partial charge in [0.2, 0.25) is 11.8 Å². The van der Waals surface area contributed by atoms with Crippen molar-refractivity contribution in [1.82, 2.24) is 4.98 Å². The fourth-order valence-corrected chi connectivity index (χ4v) is 3.07. The second kappa shape index (κ2) is 6.19. The number of amides is 2. The van der Waals surface area contributed by atoms with Crippen LogP contribution in [0.25, 0.3) is 0 Å². The van der Waals surface area contributed by atoms with Crippen LogP contribution in [0.2, 0.25) is 0 Å². The highest BCUT2D eigenvalue weighted by atomic mass is 32.2. The number of nitrogens with zero attached hydrogens (tertiary/aromatic N) is 2. The lowest BCUT2D eigenvalue weighted by atomic mass is 10.2. The molecule has 0 unspecified atom stereocenters. The molecule has 0 radical (unpaired) electrons. The van der Waals surface area contributed by atoms with E-state index in [1.165, 1.54) is 16.7 Å². The number of aromatic nitrogens is 1. The van der Waals surface area contributed by atoms with Crippen LogP contribution in [0.15, 0.2) is 47.6 Å². The van der Waals surface area contributed by atoms with Gasteiger partial charge in [0.25, 0.3) is 0 Å². The van der Waals surface area contributed by atoms with Crippen LogP contribution in [0.1, 0.15) is 5.56 Å². The van der Waals surface area contributed by atoms with E-state index in [1.54, 1.807) is 12.3 Å². The normalized spacial score (nSPS) is 13.7. The van der Waals surface area contributed by atoms with Gasteiger partial charge in [-0.3, -0.25) is 14.5 Å². The molecule has 0 aliphatic carbocycles. The molecule has 5 nitrogen and oxygen atoms in total. The van der Waals surface area contributed by atoms with E-state index in [0.29, 0.717) is 11.4 Å². The first-order valence-corrected chi connectivity index (χ1v) is 7.87. The van der Waals surface area contributed by atoms with Gasteiger partial charge in [-0.25, -0.2) is 4.98 Å². The number of carbonyl (C=O) groups excluding carboxylic acids is 2. The SMILES string of the molecule is Cc1ccc(NC(=O)CN2C(=O)CSc3ncccc32)cc1. The molecule has 6 heteroatoms. The molecule has 0 saturated carbocycles. The van der Waals surface area contributed by atoms with Gasteiger partial charge in [-0.05, 0) is 31.2 Å². The lowest BCUT2D eigenvalue weighted by Gasteiger charge is -2.27. The molecule has 0 bridgehead atoms. The molecule has 112 valence electrons. The summed E-state index contributed by atoms with van der Waals surface area (Å²) in [5.74, 6) is 0.00502. The molecule has 1 N–H and O–H groups in total. The molecule has 0 spiro atoms. The number of carbonyl (C=O) groups is 2. The molecular formula is C16H15N3O2S. The maximum Gasteiger partial charge on any atom is 0.244 e. The zero-order chi connectivity index (χ0) is 15.5. The zero-order valence-corrected chi connectivity index (χ0v) is 12.9. The largest absolute Gasteiger partial charge is 0.325 e. The Bertz CT molecular complexity index is 716. The number of pyridine rings is 1. The Morgan fingerprint density at radius 1 is 1.32 bits per heavy atom. The second-order valence-electron chi connectivity index (χ2n) is 5.01. The van der Waals surface area contributed by atoms with E-state index in [9.17, 15) is 9.59 Å². The average Bonchev–Trinajstić information content (AvgIpc) is 2.52. The van der Waals surface area contributed by atoms with Gasteiger partial charge in [0.1, 0.15) is 11.6 Å². The summed E-state index contributed by atoms with van der Waals surface area (Å²) in [7, 11) is 0. The number of nitrogens with one attached hydrogen (secondary N) is 1. The quantitative estimate of drug-likeness (QED) is 0.945. The molecule has 2 heterocycles. The minimum absolute atomic E-state index is 0.00797. The van der Waals surface area contributed by atoms with Gasteiger partial charge in [-0.2, -0.15) is 0 Å². The Kier molecular flexibility index (Phi) is 4.11. The molecule has 3 rings (SSSR count). The van der Waals surface area contributed by atoms with E-state index < -0.39 is 0 Å². The van der Waals surface area contributed by atoms with E-state index in [1.807, 2.05) is 37.3 Å². The van der Waals surface area contributed by atoms with Crippen LogP contribution in [0.4, 0.5) is 11.4 Å². The third-order valence-electron chi connectivity index (χ3n) is 3.31. The van der Waals surface area contributed by atoms with Gasteiger partial charge >= 0.3 is 0 Å². The van der Waals surface area contributed by atoms with Crippen LogP contribution in [0, 0.1) is 6.92 Å². The number of hydrogen-bond acceptors (Lipinski definition) is 4. The van der Waals surface area contributed by atoms with Crippen LogP contribution in [-0.4, -0.2) is 29.1 Å². The fourth-order valence-electron chi connectivity index (χ4n) is 2.20. The Balaban J connectivity index is 1.73. The van der Waals surface area contributed by atoms with E-state index in [-0.39, 0.29) is 18.4 Å². The molecule has 0 atom stereocenters. The molecular weight excluding hydrogens is 298 g/mol. The van der Waals surface area contributed by atoms with Gasteiger partial charge in [-0.1, -0.05) is 29.5 Å². The minimum Gasteiger partial charge on any atom is -0.325 e. The molecule has 22 heavy (non-hydrogen) atoms. The maximum absolute atomic E-state index is 12.2. The van der Waals surface area contributed by atoms with Crippen molar-refractivity contribution in [3.63, 3.8) is 0 Å². The van der Waals surface area contributed by atoms with Crippen molar-refractivity contribution in [1.29, 1.82) is 0 Å². The smallest absolute Gasteiger partial charge is 0.244 e. The summed E-state index contributed by atoms with van der Waals surface area (Å²) in [6.45, 7) is 1.98. The van der Waals surface area contributed by atoms with Gasteiger partial charge in [-0.15, -0.1) is 0 Å². The first kappa shape index (κ1) is 14.6. The Labute approximate surface area is 132 Å². The lowest BCUT2D eigenvalue weighted by Crippen LogP contribution is -2.41. The number of thioether (sulfide) groups is 1.